The Kier molecular flexibility index (Phi) is 5.88. The molecule has 5 heteroatoms. The summed E-state index contributed by atoms with van der Waals surface area (Å²) in [6.45, 7) is 7.20. The minimum atomic E-state index is -0.0649. The van der Waals surface area contributed by atoms with E-state index in [1.54, 1.807) is 0 Å². The molecule has 100 valence electrons. The van der Waals surface area contributed by atoms with Gasteiger partial charge in [-0.3, -0.25) is 4.79 Å². The van der Waals surface area contributed by atoms with E-state index in [-0.39, 0.29) is 18.1 Å². The summed E-state index contributed by atoms with van der Waals surface area (Å²) in [6.07, 6.45) is 0.494. The van der Waals surface area contributed by atoms with Gasteiger partial charge in [-0.15, -0.1) is 0 Å². The summed E-state index contributed by atoms with van der Waals surface area (Å²) in [5.74, 6) is 0.348. The van der Waals surface area contributed by atoms with E-state index >= 15 is 0 Å². The van der Waals surface area contributed by atoms with E-state index in [1.165, 1.54) is 0 Å². The fourth-order valence-electron chi connectivity index (χ4n) is 1.74. The molecule has 5 nitrogen and oxygen atoms in total. The van der Waals surface area contributed by atoms with Crippen molar-refractivity contribution in [3.8, 4) is 0 Å². The molecule has 2 unspecified atom stereocenters. The lowest BCUT2D eigenvalue weighted by molar-refractivity contribution is -0.122. The van der Waals surface area contributed by atoms with Crippen LogP contribution in [0.4, 0.5) is 0 Å². The number of likely N-dealkylation sites (N-methyl/N-ethyl adjacent to an activating group) is 1. The van der Waals surface area contributed by atoms with Crippen molar-refractivity contribution in [2.75, 3.05) is 33.3 Å². The highest BCUT2D eigenvalue weighted by Gasteiger charge is 2.19. The molecule has 0 aromatic heterocycles. The van der Waals surface area contributed by atoms with Crippen molar-refractivity contribution in [3.05, 3.63) is 0 Å². The molecule has 17 heavy (non-hydrogen) atoms. The van der Waals surface area contributed by atoms with Gasteiger partial charge in [0.1, 0.15) is 0 Å². The SMILES string of the molecule is CC(C)C(N)CC(=O)NCC1CN(C)CCO1. The topological polar surface area (TPSA) is 67.6 Å². The van der Waals surface area contributed by atoms with Crippen LogP contribution in [0.3, 0.4) is 0 Å². The fraction of sp³-hybridized carbons (Fsp3) is 0.917. The molecule has 0 saturated carbocycles. The Balaban J connectivity index is 2.19. The largest absolute Gasteiger partial charge is 0.374 e. The zero-order valence-electron chi connectivity index (χ0n) is 11.1. The van der Waals surface area contributed by atoms with Crippen LogP contribution in [0.25, 0.3) is 0 Å². The summed E-state index contributed by atoms with van der Waals surface area (Å²) in [6, 6.07) is -0.0649. The molecule has 1 amide bonds. The van der Waals surface area contributed by atoms with Crippen molar-refractivity contribution < 1.29 is 9.53 Å². The van der Waals surface area contributed by atoms with Gasteiger partial charge in [0.25, 0.3) is 0 Å². The van der Waals surface area contributed by atoms with Gasteiger partial charge in [-0.05, 0) is 13.0 Å². The first-order valence-electron chi connectivity index (χ1n) is 6.31. The average Bonchev–Trinajstić information content (AvgIpc) is 2.26. The van der Waals surface area contributed by atoms with Gasteiger partial charge in [0.2, 0.25) is 5.91 Å². The Hall–Kier alpha value is -0.650. The predicted molar refractivity (Wildman–Crippen MR) is 67.7 cm³/mol. The maximum atomic E-state index is 11.6. The lowest BCUT2D eigenvalue weighted by atomic mass is 10.0. The molecule has 1 aliphatic rings. The number of rotatable bonds is 5. The third-order valence-electron chi connectivity index (χ3n) is 3.15. The first kappa shape index (κ1) is 14.4. The smallest absolute Gasteiger partial charge is 0.221 e. The van der Waals surface area contributed by atoms with E-state index in [2.05, 4.69) is 17.3 Å². The molecule has 2 atom stereocenters. The number of nitrogens with zero attached hydrogens (tertiary/aromatic N) is 1. The van der Waals surface area contributed by atoms with Crippen molar-refractivity contribution in [1.82, 2.24) is 10.2 Å². The second-order valence-electron chi connectivity index (χ2n) is 5.17. The molecule has 0 bridgehead atoms. The lowest BCUT2D eigenvalue weighted by Crippen LogP contribution is -2.46. The molecule has 1 rings (SSSR count). The third-order valence-corrected chi connectivity index (χ3v) is 3.15. The second kappa shape index (κ2) is 6.93. The Morgan fingerprint density at radius 3 is 2.88 bits per heavy atom. The Morgan fingerprint density at radius 1 is 1.59 bits per heavy atom. The monoisotopic (exact) mass is 243 g/mol. The molecular weight excluding hydrogens is 218 g/mol. The summed E-state index contributed by atoms with van der Waals surface area (Å²) >= 11 is 0. The first-order chi connectivity index (χ1) is 7.99. The minimum Gasteiger partial charge on any atom is -0.374 e. The predicted octanol–water partition coefficient (Wildman–Crippen LogP) is -0.193. The quantitative estimate of drug-likeness (QED) is 0.702. The zero-order chi connectivity index (χ0) is 12.8. The van der Waals surface area contributed by atoms with Crippen LogP contribution in [0.5, 0.6) is 0 Å². The third kappa shape index (κ3) is 5.48. The number of amides is 1. The molecule has 0 aliphatic carbocycles. The second-order valence-corrected chi connectivity index (χ2v) is 5.17. The van der Waals surface area contributed by atoms with E-state index in [0.29, 0.717) is 18.9 Å². The molecular formula is C12H25N3O2. The molecule has 1 heterocycles. The van der Waals surface area contributed by atoms with Crippen LogP contribution in [0, 0.1) is 5.92 Å². The molecule has 1 aliphatic heterocycles. The van der Waals surface area contributed by atoms with Gasteiger partial charge < -0.3 is 20.7 Å². The van der Waals surface area contributed by atoms with E-state index < -0.39 is 0 Å². The molecule has 3 N–H and O–H groups in total. The van der Waals surface area contributed by atoms with Gasteiger partial charge >= 0.3 is 0 Å². The highest BCUT2D eigenvalue weighted by atomic mass is 16.5. The summed E-state index contributed by atoms with van der Waals surface area (Å²) in [7, 11) is 2.06. The fourth-order valence-corrected chi connectivity index (χ4v) is 1.74. The van der Waals surface area contributed by atoms with Crippen molar-refractivity contribution in [1.29, 1.82) is 0 Å². The Labute approximate surface area is 104 Å². The number of carbonyl (C=O) groups excluding carboxylic acids is 1. The van der Waals surface area contributed by atoms with Crippen LogP contribution in [-0.4, -0.2) is 56.2 Å². The molecule has 1 fully saturated rings. The van der Waals surface area contributed by atoms with Gasteiger partial charge in [0.05, 0.1) is 12.7 Å². The standard InChI is InChI=1S/C12H25N3O2/c1-9(2)11(13)6-12(16)14-7-10-8-15(3)4-5-17-10/h9-11H,4-8,13H2,1-3H3,(H,14,16). The van der Waals surface area contributed by atoms with Crippen molar-refractivity contribution >= 4 is 5.91 Å². The van der Waals surface area contributed by atoms with Crippen molar-refractivity contribution in [2.24, 2.45) is 11.7 Å². The molecule has 0 radical (unpaired) electrons. The van der Waals surface area contributed by atoms with E-state index in [0.717, 1.165) is 19.7 Å². The van der Waals surface area contributed by atoms with Gasteiger partial charge in [-0.1, -0.05) is 13.8 Å². The van der Waals surface area contributed by atoms with Gasteiger partial charge in [-0.25, -0.2) is 0 Å². The summed E-state index contributed by atoms with van der Waals surface area (Å²) in [5, 5.41) is 2.89. The van der Waals surface area contributed by atoms with Crippen LogP contribution in [0.15, 0.2) is 0 Å². The molecule has 0 aromatic rings. The van der Waals surface area contributed by atoms with E-state index in [9.17, 15) is 4.79 Å². The van der Waals surface area contributed by atoms with Gasteiger partial charge in [0.15, 0.2) is 0 Å². The number of ether oxygens (including phenoxy) is 1. The number of nitrogens with two attached hydrogens (primary N) is 1. The zero-order valence-corrected chi connectivity index (χ0v) is 11.1. The normalized spacial score (nSPS) is 23.7. The van der Waals surface area contributed by atoms with Crippen LogP contribution in [-0.2, 0) is 9.53 Å². The molecule has 0 spiro atoms. The van der Waals surface area contributed by atoms with E-state index in [4.69, 9.17) is 10.5 Å². The average molecular weight is 243 g/mol. The summed E-state index contributed by atoms with van der Waals surface area (Å²) in [5.41, 5.74) is 5.85. The van der Waals surface area contributed by atoms with Gasteiger partial charge in [0, 0.05) is 32.1 Å². The Morgan fingerprint density at radius 2 is 2.29 bits per heavy atom. The van der Waals surface area contributed by atoms with Crippen LogP contribution in [0.2, 0.25) is 0 Å². The number of nitrogens with one attached hydrogen (secondary N) is 1. The maximum Gasteiger partial charge on any atom is 0.221 e. The molecule has 0 aromatic carbocycles. The van der Waals surface area contributed by atoms with E-state index in [1.807, 2.05) is 13.8 Å². The summed E-state index contributed by atoms with van der Waals surface area (Å²) < 4.78 is 5.56. The maximum absolute atomic E-state index is 11.6. The number of hydrogen-bond acceptors (Lipinski definition) is 4. The highest BCUT2D eigenvalue weighted by Crippen LogP contribution is 2.04. The number of morpholine rings is 1. The van der Waals surface area contributed by atoms with Crippen LogP contribution < -0.4 is 11.1 Å². The van der Waals surface area contributed by atoms with Crippen molar-refractivity contribution in [3.63, 3.8) is 0 Å². The number of hydrogen-bond donors (Lipinski definition) is 2. The Bertz CT molecular complexity index is 246. The summed E-state index contributed by atoms with van der Waals surface area (Å²) in [4.78, 5) is 13.8. The van der Waals surface area contributed by atoms with Crippen LogP contribution in [0.1, 0.15) is 20.3 Å². The van der Waals surface area contributed by atoms with Gasteiger partial charge in [-0.2, -0.15) is 0 Å². The lowest BCUT2D eigenvalue weighted by Gasteiger charge is -2.30. The molecule has 1 saturated heterocycles. The highest BCUT2D eigenvalue weighted by molar-refractivity contribution is 5.76. The number of carbonyl (C=O) groups is 1. The van der Waals surface area contributed by atoms with Crippen molar-refractivity contribution in [2.45, 2.75) is 32.4 Å². The first-order valence-corrected chi connectivity index (χ1v) is 6.31. The minimum absolute atomic E-state index is 0.0167. The van der Waals surface area contributed by atoms with Crippen LogP contribution >= 0.6 is 0 Å².